The number of nitrogens with one attached hydrogen (secondary N) is 1. The van der Waals surface area contributed by atoms with Gasteiger partial charge in [-0.15, -0.1) is 0 Å². The highest BCUT2D eigenvalue weighted by atomic mass is 19.2. The first-order valence-corrected chi connectivity index (χ1v) is 4.50. The van der Waals surface area contributed by atoms with Gasteiger partial charge in [0.05, 0.1) is 23.6 Å². The van der Waals surface area contributed by atoms with E-state index in [-0.39, 0.29) is 5.52 Å². The quantitative estimate of drug-likeness (QED) is 0.624. The van der Waals surface area contributed by atoms with Crippen LogP contribution < -0.4 is 5.56 Å². The Bertz CT molecular complexity index is 760. The minimum atomic E-state index is -0.998. The van der Waals surface area contributed by atoms with Crippen LogP contribution in [0.5, 0.6) is 0 Å². The summed E-state index contributed by atoms with van der Waals surface area (Å²) in [6, 6.07) is 1.97. The van der Waals surface area contributed by atoms with Gasteiger partial charge in [-0.25, -0.2) is 13.8 Å². The molecule has 16 heavy (non-hydrogen) atoms. The number of imidazole rings is 1. The number of halogens is 2. The Balaban J connectivity index is 2.64. The Labute approximate surface area is 87.2 Å². The predicted octanol–water partition coefficient (Wildman–Crippen LogP) is 1.45. The molecule has 0 saturated heterocycles. The van der Waals surface area contributed by atoms with Crippen LogP contribution in [-0.4, -0.2) is 14.4 Å². The molecule has 0 amide bonds. The second-order valence-corrected chi connectivity index (χ2v) is 3.39. The summed E-state index contributed by atoms with van der Waals surface area (Å²) in [5, 5.41) is 0. The van der Waals surface area contributed by atoms with E-state index in [9.17, 15) is 13.6 Å². The van der Waals surface area contributed by atoms with Gasteiger partial charge in [-0.05, 0) is 0 Å². The summed E-state index contributed by atoms with van der Waals surface area (Å²) in [5.41, 5.74) is 0.495. The maximum atomic E-state index is 13.1. The van der Waals surface area contributed by atoms with Gasteiger partial charge < -0.3 is 4.98 Å². The molecule has 4 nitrogen and oxygen atoms in total. The van der Waals surface area contributed by atoms with Crippen LogP contribution in [0.15, 0.2) is 29.5 Å². The highest BCUT2D eigenvalue weighted by Crippen LogP contribution is 2.16. The van der Waals surface area contributed by atoms with Gasteiger partial charge in [0.25, 0.3) is 5.56 Å². The second-order valence-electron chi connectivity index (χ2n) is 3.39. The summed E-state index contributed by atoms with van der Waals surface area (Å²) in [4.78, 5) is 17.8. The number of hydrogen-bond donors (Lipinski definition) is 1. The van der Waals surface area contributed by atoms with Crippen LogP contribution >= 0.6 is 0 Å². The van der Waals surface area contributed by atoms with Crippen LogP contribution in [-0.2, 0) is 0 Å². The zero-order valence-corrected chi connectivity index (χ0v) is 7.87. The molecule has 6 heteroatoms. The zero-order valence-electron chi connectivity index (χ0n) is 7.87. The normalized spacial score (nSPS) is 11.4. The fourth-order valence-corrected chi connectivity index (χ4v) is 1.68. The van der Waals surface area contributed by atoms with E-state index in [1.807, 2.05) is 0 Å². The Hall–Kier alpha value is -2.24. The largest absolute Gasteiger partial charge is 0.319 e. The smallest absolute Gasteiger partial charge is 0.274 e. The molecule has 2 aromatic heterocycles. The molecule has 0 aliphatic rings. The molecule has 0 unspecified atom stereocenters. The Kier molecular flexibility index (Phi) is 1.62. The minimum Gasteiger partial charge on any atom is -0.319 e. The first-order chi connectivity index (χ1) is 7.66. The maximum Gasteiger partial charge on any atom is 0.274 e. The molecule has 0 bridgehead atoms. The van der Waals surface area contributed by atoms with E-state index in [1.54, 1.807) is 0 Å². The lowest BCUT2D eigenvalue weighted by Crippen LogP contribution is -2.09. The van der Waals surface area contributed by atoms with Crippen molar-refractivity contribution in [3.05, 3.63) is 46.6 Å². The van der Waals surface area contributed by atoms with Crippen molar-refractivity contribution >= 4 is 16.6 Å². The zero-order chi connectivity index (χ0) is 11.3. The maximum absolute atomic E-state index is 13.1. The van der Waals surface area contributed by atoms with Crippen LogP contribution in [0.2, 0.25) is 0 Å². The molecule has 0 fully saturated rings. The molecule has 3 rings (SSSR count). The van der Waals surface area contributed by atoms with Gasteiger partial charge in [0.15, 0.2) is 11.6 Å². The van der Waals surface area contributed by atoms with Gasteiger partial charge in [-0.2, -0.15) is 0 Å². The third-order valence-corrected chi connectivity index (χ3v) is 2.42. The van der Waals surface area contributed by atoms with Gasteiger partial charge in [0.1, 0.15) is 5.52 Å². The van der Waals surface area contributed by atoms with Crippen molar-refractivity contribution in [2.24, 2.45) is 0 Å². The molecule has 0 aliphatic heterocycles. The number of nitrogens with zero attached hydrogens (tertiary/aromatic N) is 2. The number of benzene rings is 1. The van der Waals surface area contributed by atoms with E-state index in [0.717, 1.165) is 12.1 Å². The molecule has 2 heterocycles. The Morgan fingerprint density at radius 2 is 1.94 bits per heavy atom. The fraction of sp³-hybridized carbons (Fsp3) is 0. The lowest BCUT2D eigenvalue weighted by molar-refractivity contribution is 0.510. The minimum absolute atomic E-state index is 0.231. The van der Waals surface area contributed by atoms with Crippen LogP contribution in [0.25, 0.3) is 16.6 Å². The van der Waals surface area contributed by atoms with Crippen molar-refractivity contribution in [2.45, 2.75) is 0 Å². The highest BCUT2D eigenvalue weighted by Gasteiger charge is 2.09. The van der Waals surface area contributed by atoms with Gasteiger partial charge in [0.2, 0.25) is 0 Å². The van der Waals surface area contributed by atoms with Gasteiger partial charge >= 0.3 is 0 Å². The average Bonchev–Trinajstić information content (AvgIpc) is 2.71. The summed E-state index contributed by atoms with van der Waals surface area (Å²) in [6.07, 6.45) is 2.74. The number of aromatic nitrogens is 3. The summed E-state index contributed by atoms with van der Waals surface area (Å²) < 4.78 is 27.5. The molecule has 0 spiro atoms. The molecule has 80 valence electrons. The van der Waals surface area contributed by atoms with Crippen molar-refractivity contribution in [3.63, 3.8) is 0 Å². The summed E-state index contributed by atoms with van der Waals surface area (Å²) >= 11 is 0. The molecular formula is C10H5F2N3O. The molecule has 1 N–H and O–H groups in total. The molecule has 0 aliphatic carbocycles. The standard InChI is InChI=1S/C10H5F2N3O/c11-5-1-7-8(2-6(5)12)15-4-13-3-9(15)10(16)14-7/h1-4H,(H,14,16). The first-order valence-electron chi connectivity index (χ1n) is 4.50. The molecule has 0 saturated carbocycles. The van der Waals surface area contributed by atoms with Crippen molar-refractivity contribution in [3.8, 4) is 0 Å². The highest BCUT2D eigenvalue weighted by molar-refractivity contribution is 5.77. The van der Waals surface area contributed by atoms with E-state index in [4.69, 9.17) is 0 Å². The number of rotatable bonds is 0. The first kappa shape index (κ1) is 9.02. The van der Waals surface area contributed by atoms with E-state index in [1.165, 1.54) is 16.9 Å². The molecular weight excluding hydrogens is 216 g/mol. The van der Waals surface area contributed by atoms with E-state index in [2.05, 4.69) is 9.97 Å². The Morgan fingerprint density at radius 3 is 2.75 bits per heavy atom. The van der Waals surface area contributed by atoms with Crippen molar-refractivity contribution in [2.75, 3.05) is 0 Å². The molecule has 0 radical (unpaired) electrons. The number of aromatic amines is 1. The number of H-pyrrole nitrogens is 1. The predicted molar refractivity (Wildman–Crippen MR) is 53.2 cm³/mol. The monoisotopic (exact) mass is 221 g/mol. The number of fused-ring (bicyclic) bond motifs is 3. The Morgan fingerprint density at radius 1 is 1.19 bits per heavy atom. The molecule has 3 aromatic rings. The summed E-state index contributed by atoms with van der Waals surface area (Å²) in [7, 11) is 0. The van der Waals surface area contributed by atoms with Crippen molar-refractivity contribution in [1.29, 1.82) is 0 Å². The third-order valence-electron chi connectivity index (χ3n) is 2.42. The SMILES string of the molecule is O=c1[nH]c2cc(F)c(F)cc2n2cncc12. The van der Waals surface area contributed by atoms with Gasteiger partial charge in [0, 0.05) is 12.1 Å². The molecule has 0 atom stereocenters. The lowest BCUT2D eigenvalue weighted by Gasteiger charge is -2.02. The molecule has 1 aromatic carbocycles. The van der Waals surface area contributed by atoms with E-state index in [0.29, 0.717) is 11.0 Å². The van der Waals surface area contributed by atoms with Crippen LogP contribution in [0.4, 0.5) is 8.78 Å². The van der Waals surface area contributed by atoms with Crippen LogP contribution in [0.1, 0.15) is 0 Å². The van der Waals surface area contributed by atoms with E-state index < -0.39 is 17.2 Å². The summed E-state index contributed by atoms with van der Waals surface area (Å²) in [5.74, 6) is -1.96. The second kappa shape index (κ2) is 2.88. The fourth-order valence-electron chi connectivity index (χ4n) is 1.68. The van der Waals surface area contributed by atoms with Crippen molar-refractivity contribution in [1.82, 2.24) is 14.4 Å². The average molecular weight is 221 g/mol. The van der Waals surface area contributed by atoms with Crippen molar-refractivity contribution < 1.29 is 8.78 Å². The van der Waals surface area contributed by atoms with E-state index >= 15 is 0 Å². The van der Waals surface area contributed by atoms with Gasteiger partial charge in [-0.3, -0.25) is 9.20 Å². The lowest BCUT2D eigenvalue weighted by atomic mass is 10.2. The third kappa shape index (κ3) is 1.06. The van der Waals surface area contributed by atoms with Gasteiger partial charge in [-0.1, -0.05) is 0 Å². The topological polar surface area (TPSA) is 50.2 Å². The summed E-state index contributed by atoms with van der Waals surface area (Å²) in [6.45, 7) is 0. The van der Waals surface area contributed by atoms with Crippen LogP contribution in [0.3, 0.4) is 0 Å². The number of hydrogen-bond acceptors (Lipinski definition) is 2. The van der Waals surface area contributed by atoms with Crippen LogP contribution in [0, 0.1) is 11.6 Å².